The third kappa shape index (κ3) is 3.37. The first-order valence-electron chi connectivity index (χ1n) is 8.73. The quantitative estimate of drug-likeness (QED) is 0.760. The number of ether oxygens (including phenoxy) is 1. The van der Waals surface area contributed by atoms with Gasteiger partial charge >= 0.3 is 0 Å². The molecule has 4 rings (SSSR count). The van der Waals surface area contributed by atoms with E-state index < -0.39 is 0 Å². The molecule has 2 heterocycles. The zero-order chi connectivity index (χ0) is 17.2. The molecule has 1 fully saturated rings. The van der Waals surface area contributed by atoms with Crippen LogP contribution in [-0.2, 0) is 0 Å². The maximum absolute atomic E-state index is 14.2. The molecule has 4 nitrogen and oxygen atoms in total. The van der Waals surface area contributed by atoms with Crippen LogP contribution in [0.3, 0.4) is 0 Å². The van der Waals surface area contributed by atoms with E-state index in [0.29, 0.717) is 29.7 Å². The van der Waals surface area contributed by atoms with Gasteiger partial charge in [-0.15, -0.1) is 0 Å². The number of aromatic nitrogens is 2. The summed E-state index contributed by atoms with van der Waals surface area (Å²) in [6.07, 6.45) is 2.75. The van der Waals surface area contributed by atoms with Crippen molar-refractivity contribution in [2.24, 2.45) is 5.92 Å². The number of H-pyrrole nitrogens is 1. The van der Waals surface area contributed by atoms with Gasteiger partial charge in [-0.2, -0.15) is 5.10 Å². The van der Waals surface area contributed by atoms with Gasteiger partial charge in [0, 0.05) is 23.9 Å². The number of aromatic amines is 1. The van der Waals surface area contributed by atoms with Crippen molar-refractivity contribution in [1.82, 2.24) is 15.5 Å². The molecule has 0 saturated carbocycles. The lowest BCUT2D eigenvalue weighted by molar-refractivity contribution is 0.191. The Kier molecular flexibility index (Phi) is 4.40. The summed E-state index contributed by atoms with van der Waals surface area (Å²) in [5.74, 6) is 0.688. The molecule has 0 spiro atoms. The van der Waals surface area contributed by atoms with E-state index in [9.17, 15) is 4.39 Å². The summed E-state index contributed by atoms with van der Waals surface area (Å²) in [6, 6.07) is 11.9. The summed E-state index contributed by atoms with van der Waals surface area (Å²) in [5, 5.41) is 11.0. The van der Waals surface area contributed by atoms with Crippen LogP contribution in [0.15, 0.2) is 42.6 Å². The molecule has 0 radical (unpaired) electrons. The molecule has 2 N–H and O–H groups in total. The van der Waals surface area contributed by atoms with Gasteiger partial charge in [-0.05, 0) is 37.4 Å². The van der Waals surface area contributed by atoms with E-state index in [1.807, 2.05) is 0 Å². The Labute approximate surface area is 146 Å². The van der Waals surface area contributed by atoms with Crippen molar-refractivity contribution in [3.8, 4) is 5.75 Å². The Morgan fingerprint density at radius 3 is 2.92 bits per heavy atom. The van der Waals surface area contributed by atoms with E-state index in [1.54, 1.807) is 12.3 Å². The lowest BCUT2D eigenvalue weighted by atomic mass is 9.81. The maximum atomic E-state index is 14.2. The van der Waals surface area contributed by atoms with Crippen molar-refractivity contribution in [2.45, 2.75) is 19.3 Å². The largest absolute Gasteiger partial charge is 0.490 e. The molecule has 25 heavy (non-hydrogen) atoms. The summed E-state index contributed by atoms with van der Waals surface area (Å²) in [5.41, 5.74) is 3.29. The predicted octanol–water partition coefficient (Wildman–Crippen LogP) is 3.78. The van der Waals surface area contributed by atoms with Gasteiger partial charge < -0.3 is 10.1 Å². The predicted molar refractivity (Wildman–Crippen MR) is 96.4 cm³/mol. The van der Waals surface area contributed by atoms with Crippen LogP contribution < -0.4 is 10.1 Å². The fraction of sp³-hybridized carbons (Fsp3) is 0.350. The standard InChI is InChI=1S/C20H22FN3O/c1-13-2-4-14(5-3-13)17-6-7-22-10-16(17)12-25-20-8-15-11-23-24-19(15)9-18(20)21/h2-5,8-9,11,16-17,22H,6-7,10,12H2,1H3,(H,23,24)/t16-,17-/m0/s1. The molecule has 3 aromatic rings. The number of hydrogen-bond donors (Lipinski definition) is 2. The van der Waals surface area contributed by atoms with E-state index in [4.69, 9.17) is 4.74 Å². The molecule has 0 bridgehead atoms. The smallest absolute Gasteiger partial charge is 0.167 e. The van der Waals surface area contributed by atoms with Crippen molar-refractivity contribution in [2.75, 3.05) is 19.7 Å². The number of benzene rings is 2. The minimum absolute atomic E-state index is 0.294. The Morgan fingerprint density at radius 1 is 1.24 bits per heavy atom. The second-order valence-electron chi connectivity index (χ2n) is 6.82. The lowest BCUT2D eigenvalue weighted by Crippen LogP contribution is -2.38. The number of aryl methyl sites for hydroxylation is 1. The summed E-state index contributed by atoms with van der Waals surface area (Å²) in [4.78, 5) is 0. The molecule has 130 valence electrons. The molecule has 1 aromatic heterocycles. The third-order valence-electron chi connectivity index (χ3n) is 5.06. The Bertz CT molecular complexity index is 859. The highest BCUT2D eigenvalue weighted by Gasteiger charge is 2.27. The van der Waals surface area contributed by atoms with Gasteiger partial charge in [0.1, 0.15) is 0 Å². The molecule has 1 saturated heterocycles. The summed E-state index contributed by atoms with van der Waals surface area (Å²) in [6.45, 7) is 4.48. The highest BCUT2D eigenvalue weighted by Crippen LogP contribution is 2.32. The van der Waals surface area contributed by atoms with Crippen molar-refractivity contribution in [1.29, 1.82) is 0 Å². The molecule has 1 aliphatic rings. The minimum atomic E-state index is -0.354. The monoisotopic (exact) mass is 339 g/mol. The lowest BCUT2D eigenvalue weighted by Gasteiger charge is -2.32. The Balaban J connectivity index is 1.51. The number of fused-ring (bicyclic) bond motifs is 1. The number of halogens is 1. The van der Waals surface area contributed by atoms with Crippen LogP contribution in [0.25, 0.3) is 10.9 Å². The fourth-order valence-corrected chi connectivity index (χ4v) is 3.60. The van der Waals surface area contributed by atoms with Gasteiger partial charge in [0.15, 0.2) is 11.6 Å². The molecule has 5 heteroatoms. The Morgan fingerprint density at radius 2 is 2.08 bits per heavy atom. The van der Waals surface area contributed by atoms with Crippen LogP contribution in [0, 0.1) is 18.7 Å². The van der Waals surface area contributed by atoms with Crippen molar-refractivity contribution >= 4 is 10.9 Å². The van der Waals surface area contributed by atoms with Crippen molar-refractivity contribution < 1.29 is 9.13 Å². The highest BCUT2D eigenvalue weighted by atomic mass is 19.1. The van der Waals surface area contributed by atoms with Gasteiger partial charge in [-0.25, -0.2) is 4.39 Å². The van der Waals surface area contributed by atoms with Crippen LogP contribution in [0.4, 0.5) is 4.39 Å². The van der Waals surface area contributed by atoms with E-state index in [-0.39, 0.29) is 5.82 Å². The average molecular weight is 339 g/mol. The molecule has 0 unspecified atom stereocenters. The summed E-state index contributed by atoms with van der Waals surface area (Å²) in [7, 11) is 0. The van der Waals surface area contributed by atoms with Crippen LogP contribution in [0.2, 0.25) is 0 Å². The number of nitrogens with one attached hydrogen (secondary N) is 2. The maximum Gasteiger partial charge on any atom is 0.167 e. The van der Waals surface area contributed by atoms with E-state index >= 15 is 0 Å². The topological polar surface area (TPSA) is 49.9 Å². The molecular weight excluding hydrogens is 317 g/mol. The second-order valence-corrected chi connectivity index (χ2v) is 6.82. The summed E-state index contributed by atoms with van der Waals surface area (Å²) >= 11 is 0. The third-order valence-corrected chi connectivity index (χ3v) is 5.06. The molecule has 0 aliphatic carbocycles. The average Bonchev–Trinajstić information content (AvgIpc) is 3.08. The van der Waals surface area contributed by atoms with E-state index in [2.05, 4.69) is 46.7 Å². The second kappa shape index (κ2) is 6.84. The first-order chi connectivity index (χ1) is 12.2. The molecule has 0 amide bonds. The SMILES string of the molecule is Cc1ccc([C@@H]2CCNC[C@H]2COc2cc3cn[nH]c3cc2F)cc1. The van der Waals surface area contributed by atoms with Gasteiger partial charge in [-0.3, -0.25) is 5.10 Å². The number of nitrogens with zero attached hydrogens (tertiary/aromatic N) is 1. The normalized spacial score (nSPS) is 20.7. The first-order valence-corrected chi connectivity index (χ1v) is 8.73. The first kappa shape index (κ1) is 16.1. The van der Waals surface area contributed by atoms with Crippen molar-refractivity contribution in [3.05, 3.63) is 59.5 Å². The van der Waals surface area contributed by atoms with Crippen molar-refractivity contribution in [3.63, 3.8) is 0 Å². The number of piperidine rings is 1. The summed E-state index contributed by atoms with van der Waals surface area (Å²) < 4.78 is 20.1. The van der Waals surface area contributed by atoms with Crippen LogP contribution in [-0.4, -0.2) is 29.9 Å². The van der Waals surface area contributed by atoms with Crippen LogP contribution in [0.5, 0.6) is 5.75 Å². The van der Waals surface area contributed by atoms with Gasteiger partial charge in [0.2, 0.25) is 0 Å². The van der Waals surface area contributed by atoms with E-state index in [1.165, 1.54) is 17.2 Å². The molecule has 1 aliphatic heterocycles. The zero-order valence-electron chi connectivity index (χ0n) is 14.3. The zero-order valence-corrected chi connectivity index (χ0v) is 14.3. The van der Waals surface area contributed by atoms with E-state index in [0.717, 1.165) is 24.9 Å². The molecular formula is C20H22FN3O. The fourth-order valence-electron chi connectivity index (χ4n) is 3.60. The Hall–Kier alpha value is -2.40. The number of rotatable bonds is 4. The van der Waals surface area contributed by atoms with Gasteiger partial charge in [0.25, 0.3) is 0 Å². The molecule has 2 aromatic carbocycles. The highest BCUT2D eigenvalue weighted by molar-refractivity contribution is 5.79. The van der Waals surface area contributed by atoms with Crippen LogP contribution in [0.1, 0.15) is 23.5 Å². The van der Waals surface area contributed by atoms with Crippen LogP contribution >= 0.6 is 0 Å². The van der Waals surface area contributed by atoms with Gasteiger partial charge in [-0.1, -0.05) is 29.8 Å². The molecule has 2 atom stereocenters. The minimum Gasteiger partial charge on any atom is -0.490 e. The van der Waals surface area contributed by atoms with Gasteiger partial charge in [0.05, 0.1) is 18.3 Å². The number of hydrogen-bond acceptors (Lipinski definition) is 3.